The van der Waals surface area contributed by atoms with Gasteiger partial charge in [0.05, 0.1) is 0 Å². The highest BCUT2D eigenvalue weighted by Gasteiger charge is 2.30. The summed E-state index contributed by atoms with van der Waals surface area (Å²) in [5, 5.41) is 0. The summed E-state index contributed by atoms with van der Waals surface area (Å²) in [6.07, 6.45) is 3.70. The molecule has 0 N–H and O–H groups in total. The molecule has 0 radical (unpaired) electrons. The maximum Gasteiger partial charge on any atom is 0.0426 e. The number of thiophene rings is 1. The van der Waals surface area contributed by atoms with E-state index in [1.54, 1.807) is 10.4 Å². The molecule has 0 aliphatic heterocycles. The van der Waals surface area contributed by atoms with Gasteiger partial charge in [-0.1, -0.05) is 44.7 Å². The van der Waals surface area contributed by atoms with Gasteiger partial charge >= 0.3 is 0 Å². The molecule has 0 unspecified atom stereocenters. The van der Waals surface area contributed by atoms with Crippen molar-refractivity contribution in [2.24, 2.45) is 5.41 Å². The van der Waals surface area contributed by atoms with Gasteiger partial charge in [-0.25, -0.2) is 0 Å². The molecule has 0 nitrogen and oxygen atoms in total. The second kappa shape index (κ2) is 5.14. The highest BCUT2D eigenvalue weighted by molar-refractivity contribution is 7.16. The van der Waals surface area contributed by atoms with Crippen LogP contribution in [0.15, 0.2) is 30.8 Å². The van der Waals surface area contributed by atoms with Crippen molar-refractivity contribution in [2.45, 2.75) is 47.0 Å². The lowest BCUT2D eigenvalue weighted by molar-refractivity contribution is 0.317. The van der Waals surface area contributed by atoms with Gasteiger partial charge in [-0.3, -0.25) is 0 Å². The standard InChI is InChI=1S/C20H24S/c1-13(2)18-16-12-20(4,5)11-10-17(16)21-19(18)15-9-7-6-8-14(15)3/h6-9H,1,10-12H2,2-5H3. The average molecular weight is 296 g/mol. The third kappa shape index (κ3) is 2.60. The van der Waals surface area contributed by atoms with E-state index >= 15 is 0 Å². The molecule has 110 valence electrons. The zero-order chi connectivity index (χ0) is 15.2. The lowest BCUT2D eigenvalue weighted by Crippen LogP contribution is -2.21. The Balaban J connectivity index is 2.22. The third-order valence-corrected chi connectivity index (χ3v) is 5.92. The zero-order valence-corrected chi connectivity index (χ0v) is 14.4. The Morgan fingerprint density at radius 1 is 1.24 bits per heavy atom. The van der Waals surface area contributed by atoms with Gasteiger partial charge in [-0.05, 0) is 66.4 Å². The summed E-state index contributed by atoms with van der Waals surface area (Å²) in [4.78, 5) is 3.02. The summed E-state index contributed by atoms with van der Waals surface area (Å²) in [5.74, 6) is 0. The van der Waals surface area contributed by atoms with Crippen molar-refractivity contribution >= 4 is 16.9 Å². The molecule has 0 amide bonds. The number of hydrogen-bond donors (Lipinski definition) is 0. The van der Waals surface area contributed by atoms with Gasteiger partial charge in [-0.2, -0.15) is 0 Å². The smallest absolute Gasteiger partial charge is 0.0426 e. The molecule has 0 atom stereocenters. The summed E-state index contributed by atoms with van der Waals surface area (Å²) < 4.78 is 0. The van der Waals surface area contributed by atoms with Gasteiger partial charge in [0, 0.05) is 9.75 Å². The van der Waals surface area contributed by atoms with Gasteiger partial charge in [-0.15, -0.1) is 11.3 Å². The van der Waals surface area contributed by atoms with Crippen LogP contribution in [0, 0.1) is 12.3 Å². The van der Waals surface area contributed by atoms with Gasteiger partial charge in [0.25, 0.3) is 0 Å². The Bertz CT molecular complexity index is 701. The van der Waals surface area contributed by atoms with E-state index in [4.69, 9.17) is 0 Å². The predicted octanol–water partition coefficient (Wildman–Crippen LogP) is 6.27. The number of benzene rings is 1. The van der Waals surface area contributed by atoms with Crippen molar-refractivity contribution < 1.29 is 0 Å². The summed E-state index contributed by atoms with van der Waals surface area (Å²) in [7, 11) is 0. The van der Waals surface area contributed by atoms with Crippen LogP contribution in [0.3, 0.4) is 0 Å². The van der Waals surface area contributed by atoms with Crippen LogP contribution in [0.5, 0.6) is 0 Å². The first-order valence-corrected chi connectivity index (χ1v) is 8.57. The highest BCUT2D eigenvalue weighted by Crippen LogP contribution is 2.47. The van der Waals surface area contributed by atoms with E-state index in [0.717, 1.165) is 0 Å². The lowest BCUT2D eigenvalue weighted by Gasteiger charge is -2.30. The van der Waals surface area contributed by atoms with Crippen molar-refractivity contribution in [1.82, 2.24) is 0 Å². The first kappa shape index (κ1) is 14.6. The van der Waals surface area contributed by atoms with Crippen molar-refractivity contribution in [3.63, 3.8) is 0 Å². The molecule has 0 saturated carbocycles. The lowest BCUT2D eigenvalue weighted by atomic mass is 9.75. The fourth-order valence-electron chi connectivity index (χ4n) is 3.39. The summed E-state index contributed by atoms with van der Waals surface area (Å²) in [5.41, 5.74) is 7.37. The van der Waals surface area contributed by atoms with Crippen LogP contribution in [0.4, 0.5) is 0 Å². The quantitative estimate of drug-likeness (QED) is 0.612. The van der Waals surface area contributed by atoms with Gasteiger partial charge in [0.15, 0.2) is 0 Å². The Hall–Kier alpha value is -1.34. The Kier molecular flexibility index (Phi) is 3.57. The zero-order valence-electron chi connectivity index (χ0n) is 13.5. The SMILES string of the molecule is C=C(C)c1c(-c2ccccc2C)sc2c1CC(C)(C)CC2. The van der Waals surface area contributed by atoms with Crippen LogP contribution in [0.1, 0.15) is 48.8 Å². The van der Waals surface area contributed by atoms with Gasteiger partial charge in [0.1, 0.15) is 0 Å². The van der Waals surface area contributed by atoms with E-state index < -0.39 is 0 Å². The molecule has 1 aliphatic rings. The molecule has 1 aromatic heterocycles. The van der Waals surface area contributed by atoms with Crippen LogP contribution < -0.4 is 0 Å². The average Bonchev–Trinajstić information content (AvgIpc) is 2.76. The van der Waals surface area contributed by atoms with Crippen molar-refractivity contribution in [1.29, 1.82) is 0 Å². The molecule has 3 rings (SSSR count). The molecule has 0 saturated heterocycles. The largest absolute Gasteiger partial charge is 0.139 e. The number of allylic oxidation sites excluding steroid dienone is 1. The monoisotopic (exact) mass is 296 g/mol. The Morgan fingerprint density at radius 2 is 1.95 bits per heavy atom. The number of hydrogen-bond acceptors (Lipinski definition) is 1. The maximum atomic E-state index is 4.28. The molecular weight excluding hydrogens is 272 g/mol. The van der Waals surface area contributed by atoms with E-state index in [9.17, 15) is 0 Å². The second-order valence-corrected chi connectivity index (χ2v) is 8.25. The second-order valence-electron chi connectivity index (χ2n) is 7.14. The van der Waals surface area contributed by atoms with E-state index in [2.05, 4.69) is 58.5 Å². The molecule has 1 aromatic carbocycles. The molecule has 1 aliphatic carbocycles. The van der Waals surface area contributed by atoms with Crippen LogP contribution in [0.2, 0.25) is 0 Å². The fraction of sp³-hybridized carbons (Fsp3) is 0.400. The van der Waals surface area contributed by atoms with Crippen LogP contribution in [-0.4, -0.2) is 0 Å². The predicted molar refractivity (Wildman–Crippen MR) is 95.0 cm³/mol. The number of fused-ring (bicyclic) bond motifs is 1. The molecule has 2 aromatic rings. The minimum absolute atomic E-state index is 0.418. The highest BCUT2D eigenvalue weighted by atomic mass is 32.1. The van der Waals surface area contributed by atoms with Crippen LogP contribution in [0.25, 0.3) is 16.0 Å². The number of rotatable bonds is 2. The molecule has 0 fully saturated rings. The fourth-order valence-corrected chi connectivity index (χ4v) is 4.88. The first-order chi connectivity index (χ1) is 9.89. The molecule has 21 heavy (non-hydrogen) atoms. The minimum atomic E-state index is 0.418. The van der Waals surface area contributed by atoms with E-state index in [-0.39, 0.29) is 0 Å². The Labute approximate surface area is 132 Å². The maximum absolute atomic E-state index is 4.28. The molecule has 0 bridgehead atoms. The minimum Gasteiger partial charge on any atom is -0.139 e. The van der Waals surface area contributed by atoms with Crippen molar-refractivity contribution in [3.05, 3.63) is 52.4 Å². The number of aryl methyl sites for hydroxylation is 2. The molecule has 1 heteroatoms. The van der Waals surface area contributed by atoms with E-state index in [0.29, 0.717) is 5.41 Å². The van der Waals surface area contributed by atoms with E-state index in [1.165, 1.54) is 46.4 Å². The van der Waals surface area contributed by atoms with Crippen molar-refractivity contribution in [2.75, 3.05) is 0 Å². The van der Waals surface area contributed by atoms with E-state index in [1.807, 2.05) is 11.3 Å². The van der Waals surface area contributed by atoms with Crippen LogP contribution in [-0.2, 0) is 12.8 Å². The molecular formula is C20H24S. The molecule has 0 spiro atoms. The normalized spacial score (nSPS) is 16.6. The van der Waals surface area contributed by atoms with Gasteiger partial charge in [0.2, 0.25) is 0 Å². The first-order valence-electron chi connectivity index (χ1n) is 7.75. The van der Waals surface area contributed by atoms with Crippen LogP contribution >= 0.6 is 11.3 Å². The summed E-state index contributed by atoms with van der Waals surface area (Å²) in [6, 6.07) is 8.73. The van der Waals surface area contributed by atoms with Gasteiger partial charge < -0.3 is 0 Å². The third-order valence-electron chi connectivity index (χ3n) is 4.59. The van der Waals surface area contributed by atoms with Crippen molar-refractivity contribution in [3.8, 4) is 10.4 Å². The summed E-state index contributed by atoms with van der Waals surface area (Å²) >= 11 is 2.00. The Morgan fingerprint density at radius 3 is 2.62 bits per heavy atom. The topological polar surface area (TPSA) is 0 Å². The summed E-state index contributed by atoms with van der Waals surface area (Å²) in [6.45, 7) is 13.4. The molecule has 1 heterocycles.